The Morgan fingerprint density at radius 1 is 0.717 bits per heavy atom. The SMILES string of the molecule is O=C(CSc1ccc(NC(=O)/C(=C/c2ccc(OCc3ccccc3)cc2)NC(=O)c2ccccc2)cc1)Nc1ccccc1Br. The molecule has 5 rings (SSSR count). The number of carbonyl (C=O) groups is 3. The number of rotatable bonds is 12. The highest BCUT2D eigenvalue weighted by atomic mass is 79.9. The Morgan fingerprint density at radius 3 is 2.07 bits per heavy atom. The van der Waals surface area contributed by atoms with Crippen molar-refractivity contribution in [3.8, 4) is 5.75 Å². The van der Waals surface area contributed by atoms with Gasteiger partial charge in [-0.15, -0.1) is 11.8 Å². The summed E-state index contributed by atoms with van der Waals surface area (Å²) in [7, 11) is 0. The smallest absolute Gasteiger partial charge is 0.272 e. The Hall–Kier alpha value is -5.12. The Balaban J connectivity index is 1.23. The summed E-state index contributed by atoms with van der Waals surface area (Å²) in [6.07, 6.45) is 1.62. The van der Waals surface area contributed by atoms with E-state index in [2.05, 4.69) is 31.9 Å². The molecular weight excluding hydrogens is 662 g/mol. The maximum absolute atomic E-state index is 13.4. The van der Waals surface area contributed by atoms with Crippen molar-refractivity contribution >= 4 is 62.9 Å². The summed E-state index contributed by atoms with van der Waals surface area (Å²) < 4.78 is 6.69. The van der Waals surface area contributed by atoms with Crippen molar-refractivity contribution in [3.63, 3.8) is 0 Å². The first kappa shape index (κ1) is 32.3. The van der Waals surface area contributed by atoms with Gasteiger partial charge in [-0.05, 0) is 93.8 Å². The van der Waals surface area contributed by atoms with E-state index in [1.807, 2.05) is 97.1 Å². The number of ether oxygens (including phenoxy) is 1. The predicted molar refractivity (Wildman–Crippen MR) is 188 cm³/mol. The molecule has 0 aliphatic rings. The zero-order valence-electron chi connectivity index (χ0n) is 24.6. The van der Waals surface area contributed by atoms with E-state index in [-0.39, 0.29) is 17.4 Å². The van der Waals surface area contributed by atoms with Gasteiger partial charge in [-0.2, -0.15) is 0 Å². The zero-order chi connectivity index (χ0) is 32.1. The van der Waals surface area contributed by atoms with E-state index in [4.69, 9.17) is 4.74 Å². The first-order chi connectivity index (χ1) is 22.4. The van der Waals surface area contributed by atoms with Crippen molar-refractivity contribution in [2.75, 3.05) is 16.4 Å². The molecule has 46 heavy (non-hydrogen) atoms. The summed E-state index contributed by atoms with van der Waals surface area (Å²) in [5.41, 5.74) is 3.52. The van der Waals surface area contributed by atoms with E-state index in [9.17, 15) is 14.4 Å². The number of carbonyl (C=O) groups excluding carboxylic acids is 3. The molecule has 0 atom stereocenters. The summed E-state index contributed by atoms with van der Waals surface area (Å²) in [5, 5.41) is 8.50. The van der Waals surface area contributed by atoms with Crippen molar-refractivity contribution in [2.24, 2.45) is 0 Å². The van der Waals surface area contributed by atoms with Crippen LogP contribution < -0.4 is 20.7 Å². The van der Waals surface area contributed by atoms with Crippen molar-refractivity contribution < 1.29 is 19.1 Å². The quantitative estimate of drug-likeness (QED) is 0.0906. The third-order valence-corrected chi connectivity index (χ3v) is 8.30. The van der Waals surface area contributed by atoms with Gasteiger partial charge < -0.3 is 20.7 Å². The van der Waals surface area contributed by atoms with Crippen LogP contribution in [0.5, 0.6) is 5.75 Å². The molecule has 0 aliphatic heterocycles. The van der Waals surface area contributed by atoms with Crippen LogP contribution in [0, 0.1) is 0 Å². The molecular formula is C37H30BrN3O4S. The minimum Gasteiger partial charge on any atom is -0.489 e. The fraction of sp³-hybridized carbons (Fsp3) is 0.0541. The molecule has 0 fully saturated rings. The molecule has 0 radical (unpaired) electrons. The molecule has 0 bridgehead atoms. The van der Waals surface area contributed by atoms with E-state index >= 15 is 0 Å². The predicted octanol–water partition coefficient (Wildman–Crippen LogP) is 8.17. The summed E-state index contributed by atoms with van der Waals surface area (Å²) in [5.74, 6) is -0.112. The van der Waals surface area contributed by atoms with Crippen LogP contribution in [0.3, 0.4) is 0 Å². The average Bonchev–Trinajstić information content (AvgIpc) is 3.09. The van der Waals surface area contributed by atoms with E-state index in [0.29, 0.717) is 34.9 Å². The lowest BCUT2D eigenvalue weighted by Crippen LogP contribution is -2.30. The van der Waals surface area contributed by atoms with Crippen LogP contribution >= 0.6 is 27.7 Å². The van der Waals surface area contributed by atoms with Crippen LogP contribution in [-0.2, 0) is 16.2 Å². The molecule has 0 saturated heterocycles. The molecule has 3 N–H and O–H groups in total. The highest BCUT2D eigenvalue weighted by molar-refractivity contribution is 9.10. The lowest BCUT2D eigenvalue weighted by Gasteiger charge is -2.12. The molecule has 230 valence electrons. The van der Waals surface area contributed by atoms with Crippen molar-refractivity contribution in [1.82, 2.24) is 5.32 Å². The molecule has 0 aliphatic carbocycles. The topological polar surface area (TPSA) is 96.5 Å². The van der Waals surface area contributed by atoms with Crippen LogP contribution in [0.4, 0.5) is 11.4 Å². The summed E-state index contributed by atoms with van der Waals surface area (Å²) in [4.78, 5) is 39.7. The van der Waals surface area contributed by atoms with Crippen LogP contribution in [0.25, 0.3) is 6.08 Å². The highest BCUT2D eigenvalue weighted by Crippen LogP contribution is 2.24. The van der Waals surface area contributed by atoms with Gasteiger partial charge in [-0.3, -0.25) is 14.4 Å². The van der Waals surface area contributed by atoms with Crippen molar-refractivity contribution in [2.45, 2.75) is 11.5 Å². The Morgan fingerprint density at radius 2 is 1.37 bits per heavy atom. The van der Waals surface area contributed by atoms with Crippen LogP contribution in [0.15, 0.2) is 149 Å². The van der Waals surface area contributed by atoms with Gasteiger partial charge in [0.15, 0.2) is 0 Å². The van der Waals surface area contributed by atoms with Gasteiger partial charge in [0.2, 0.25) is 5.91 Å². The number of hydrogen-bond donors (Lipinski definition) is 3. The zero-order valence-corrected chi connectivity index (χ0v) is 27.0. The molecule has 5 aromatic rings. The number of thioether (sulfide) groups is 1. The Kier molecular flexibility index (Phi) is 11.4. The number of benzene rings is 5. The normalized spacial score (nSPS) is 10.9. The lowest BCUT2D eigenvalue weighted by molar-refractivity contribution is -0.114. The number of anilines is 2. The second kappa shape index (κ2) is 16.3. The Bertz CT molecular complexity index is 1810. The fourth-order valence-corrected chi connectivity index (χ4v) is 5.32. The van der Waals surface area contributed by atoms with Gasteiger partial charge in [-0.25, -0.2) is 0 Å². The van der Waals surface area contributed by atoms with Gasteiger partial charge in [-0.1, -0.05) is 72.8 Å². The third kappa shape index (κ3) is 9.69. The summed E-state index contributed by atoms with van der Waals surface area (Å²) in [6.45, 7) is 0.437. The monoisotopic (exact) mass is 691 g/mol. The maximum Gasteiger partial charge on any atom is 0.272 e. The van der Waals surface area contributed by atoms with Crippen LogP contribution in [-0.4, -0.2) is 23.5 Å². The van der Waals surface area contributed by atoms with Crippen LogP contribution in [0.2, 0.25) is 0 Å². The molecule has 0 heterocycles. The first-order valence-electron chi connectivity index (χ1n) is 14.4. The van der Waals surface area contributed by atoms with Gasteiger partial charge >= 0.3 is 0 Å². The third-order valence-electron chi connectivity index (χ3n) is 6.60. The summed E-state index contributed by atoms with van der Waals surface area (Å²) in [6, 6.07) is 40.4. The average molecular weight is 693 g/mol. The Labute approximate surface area is 280 Å². The molecule has 3 amide bonds. The molecule has 5 aromatic carbocycles. The number of hydrogen-bond acceptors (Lipinski definition) is 5. The number of halogens is 1. The summed E-state index contributed by atoms with van der Waals surface area (Å²) >= 11 is 4.81. The van der Waals surface area contributed by atoms with Gasteiger partial charge in [0.05, 0.1) is 11.4 Å². The van der Waals surface area contributed by atoms with E-state index < -0.39 is 11.8 Å². The highest BCUT2D eigenvalue weighted by Gasteiger charge is 2.15. The molecule has 0 unspecified atom stereocenters. The number of nitrogens with one attached hydrogen (secondary N) is 3. The molecule has 0 saturated carbocycles. The number of amides is 3. The van der Waals surface area contributed by atoms with Gasteiger partial charge in [0.1, 0.15) is 18.1 Å². The standard InChI is InChI=1S/C37H30BrN3O4S/c38-32-13-7-8-14-33(32)40-35(42)25-46-31-21-17-29(18-22-31)39-37(44)34(41-36(43)28-11-5-2-6-12-28)23-26-15-19-30(20-16-26)45-24-27-9-3-1-4-10-27/h1-23H,24-25H2,(H,39,44)(H,40,42)(H,41,43)/b34-23-. The van der Waals surface area contributed by atoms with E-state index in [1.54, 1.807) is 42.5 Å². The fourth-order valence-electron chi connectivity index (χ4n) is 4.24. The first-order valence-corrected chi connectivity index (χ1v) is 16.1. The second-order valence-corrected chi connectivity index (χ2v) is 11.9. The molecule has 0 spiro atoms. The van der Waals surface area contributed by atoms with Gasteiger partial charge in [0, 0.05) is 20.6 Å². The minimum atomic E-state index is -0.484. The van der Waals surface area contributed by atoms with E-state index in [0.717, 1.165) is 14.9 Å². The van der Waals surface area contributed by atoms with Crippen LogP contribution in [0.1, 0.15) is 21.5 Å². The van der Waals surface area contributed by atoms with Crippen molar-refractivity contribution in [1.29, 1.82) is 0 Å². The second-order valence-electron chi connectivity index (χ2n) is 10.0. The number of para-hydroxylation sites is 1. The lowest BCUT2D eigenvalue weighted by atomic mass is 10.1. The molecule has 0 aromatic heterocycles. The largest absolute Gasteiger partial charge is 0.489 e. The molecule has 7 nitrogen and oxygen atoms in total. The maximum atomic E-state index is 13.4. The van der Waals surface area contributed by atoms with Gasteiger partial charge in [0.25, 0.3) is 11.8 Å². The van der Waals surface area contributed by atoms with Crippen molar-refractivity contribution in [3.05, 3.63) is 160 Å². The molecule has 9 heteroatoms. The minimum absolute atomic E-state index is 0.0778. The van der Waals surface area contributed by atoms with E-state index in [1.165, 1.54) is 11.8 Å².